The fourth-order valence-corrected chi connectivity index (χ4v) is 3.53. The maximum atomic E-state index is 12.1. The van der Waals surface area contributed by atoms with Gasteiger partial charge in [0.15, 0.2) is 6.10 Å². The first-order valence-corrected chi connectivity index (χ1v) is 8.65. The van der Waals surface area contributed by atoms with Crippen molar-refractivity contribution in [1.82, 2.24) is 0 Å². The maximum Gasteiger partial charge on any atom is 0.336 e. The molecule has 6 nitrogen and oxygen atoms in total. The Morgan fingerprint density at radius 3 is 2.82 bits per heavy atom. The molecular formula is C14H17ClO6S. The highest BCUT2D eigenvalue weighted by molar-refractivity contribution is 7.87. The smallest absolute Gasteiger partial charge is 0.336 e. The van der Waals surface area contributed by atoms with Crippen LogP contribution in [0, 0.1) is 0 Å². The van der Waals surface area contributed by atoms with Crippen LogP contribution in [0.4, 0.5) is 0 Å². The first-order chi connectivity index (χ1) is 10.4. The molecule has 1 aliphatic heterocycles. The highest BCUT2D eigenvalue weighted by Crippen LogP contribution is 2.23. The van der Waals surface area contributed by atoms with Crippen molar-refractivity contribution in [2.75, 3.05) is 13.2 Å². The molecule has 2 rings (SSSR count). The largest absolute Gasteiger partial charge is 0.461 e. The summed E-state index contributed by atoms with van der Waals surface area (Å²) < 4.78 is 39.4. The minimum Gasteiger partial charge on any atom is -0.461 e. The molecule has 0 amide bonds. The molecule has 0 bridgehead atoms. The lowest BCUT2D eigenvalue weighted by molar-refractivity contribution is -0.154. The van der Waals surface area contributed by atoms with Gasteiger partial charge in [0, 0.05) is 6.61 Å². The zero-order chi connectivity index (χ0) is 16.2. The molecule has 1 saturated heterocycles. The Bertz CT molecular complexity index is 624. The lowest BCUT2D eigenvalue weighted by Gasteiger charge is -2.15. The van der Waals surface area contributed by atoms with Crippen LogP contribution in [0.3, 0.4) is 0 Å². The van der Waals surface area contributed by atoms with E-state index >= 15 is 0 Å². The Balaban J connectivity index is 1.93. The highest BCUT2D eigenvalue weighted by atomic mass is 35.5. The third-order valence-electron chi connectivity index (χ3n) is 3.14. The third-order valence-corrected chi connectivity index (χ3v) is 5.02. The fraction of sp³-hybridized carbons (Fsp3) is 0.500. The summed E-state index contributed by atoms with van der Waals surface area (Å²) in [6.07, 6.45) is 0.356. The SMILES string of the molecule is CC(OS(=O)(=O)c1ccccc1Cl)C(=O)OC[C@@H]1CCCO1. The van der Waals surface area contributed by atoms with E-state index in [0.29, 0.717) is 6.61 Å². The van der Waals surface area contributed by atoms with Gasteiger partial charge < -0.3 is 9.47 Å². The van der Waals surface area contributed by atoms with Crippen molar-refractivity contribution in [3.8, 4) is 0 Å². The molecule has 8 heteroatoms. The number of hydrogen-bond donors (Lipinski definition) is 0. The molecule has 1 aromatic carbocycles. The first-order valence-electron chi connectivity index (χ1n) is 6.86. The van der Waals surface area contributed by atoms with E-state index in [2.05, 4.69) is 0 Å². The van der Waals surface area contributed by atoms with Crippen molar-refractivity contribution in [2.24, 2.45) is 0 Å². The molecule has 0 saturated carbocycles. The predicted molar refractivity (Wildman–Crippen MR) is 79.1 cm³/mol. The lowest BCUT2D eigenvalue weighted by atomic mass is 10.2. The van der Waals surface area contributed by atoms with Gasteiger partial charge in [0.2, 0.25) is 0 Å². The molecule has 22 heavy (non-hydrogen) atoms. The molecule has 0 N–H and O–H groups in total. The van der Waals surface area contributed by atoms with Crippen molar-refractivity contribution < 1.29 is 26.9 Å². The minimum absolute atomic E-state index is 0.0300. The molecule has 1 aliphatic rings. The van der Waals surface area contributed by atoms with Crippen LogP contribution >= 0.6 is 11.6 Å². The van der Waals surface area contributed by atoms with E-state index in [4.69, 9.17) is 25.3 Å². The van der Waals surface area contributed by atoms with E-state index < -0.39 is 22.2 Å². The standard InChI is InChI=1S/C14H17ClO6S/c1-10(14(16)20-9-11-5-4-8-19-11)21-22(17,18)13-7-3-2-6-12(13)15/h2-3,6-7,10-11H,4-5,8-9H2,1H3/t10?,11-/m0/s1. The summed E-state index contributed by atoms with van der Waals surface area (Å²) in [6, 6.07) is 5.85. The van der Waals surface area contributed by atoms with E-state index in [-0.39, 0.29) is 22.6 Å². The van der Waals surface area contributed by atoms with Crippen LogP contribution in [0.2, 0.25) is 5.02 Å². The summed E-state index contributed by atoms with van der Waals surface area (Å²) in [5, 5.41) is 0.0300. The van der Waals surface area contributed by atoms with Crippen molar-refractivity contribution >= 4 is 27.7 Å². The van der Waals surface area contributed by atoms with Crippen molar-refractivity contribution in [2.45, 2.75) is 36.9 Å². The Morgan fingerprint density at radius 1 is 1.45 bits per heavy atom. The number of carbonyl (C=O) groups excluding carboxylic acids is 1. The average Bonchev–Trinajstić information content (AvgIpc) is 2.97. The van der Waals surface area contributed by atoms with Gasteiger partial charge in [-0.15, -0.1) is 0 Å². The van der Waals surface area contributed by atoms with Gasteiger partial charge in [0.25, 0.3) is 10.1 Å². The maximum absolute atomic E-state index is 12.1. The van der Waals surface area contributed by atoms with Crippen LogP contribution in [-0.2, 0) is 28.6 Å². The normalized spacial score (nSPS) is 19.8. The molecule has 1 fully saturated rings. The number of carbonyl (C=O) groups is 1. The quantitative estimate of drug-likeness (QED) is 0.579. The first kappa shape index (κ1) is 17.2. The molecular weight excluding hydrogens is 332 g/mol. The number of benzene rings is 1. The second-order valence-electron chi connectivity index (χ2n) is 4.89. The molecule has 0 aliphatic carbocycles. The van der Waals surface area contributed by atoms with Crippen LogP contribution in [0.15, 0.2) is 29.2 Å². The number of halogens is 1. The minimum atomic E-state index is -4.14. The Kier molecular flexibility index (Phi) is 5.80. The van der Waals surface area contributed by atoms with Crippen LogP contribution in [-0.4, -0.2) is 39.8 Å². The average molecular weight is 349 g/mol. The second kappa shape index (κ2) is 7.41. The molecule has 0 radical (unpaired) electrons. The van der Waals surface area contributed by atoms with Gasteiger partial charge in [0.05, 0.1) is 11.1 Å². The summed E-state index contributed by atoms with van der Waals surface area (Å²) in [5.41, 5.74) is 0. The molecule has 2 atom stereocenters. The summed E-state index contributed by atoms with van der Waals surface area (Å²) in [4.78, 5) is 11.6. The van der Waals surface area contributed by atoms with E-state index in [1.165, 1.54) is 25.1 Å². The van der Waals surface area contributed by atoms with Gasteiger partial charge in [-0.05, 0) is 31.9 Å². The summed E-state index contributed by atoms with van der Waals surface area (Å²) in [6.45, 7) is 2.06. The van der Waals surface area contributed by atoms with Crippen LogP contribution in [0.5, 0.6) is 0 Å². The number of hydrogen-bond acceptors (Lipinski definition) is 6. The molecule has 0 spiro atoms. The van der Waals surface area contributed by atoms with Crippen LogP contribution in [0.1, 0.15) is 19.8 Å². The van der Waals surface area contributed by atoms with E-state index in [9.17, 15) is 13.2 Å². The van der Waals surface area contributed by atoms with Gasteiger partial charge in [-0.2, -0.15) is 8.42 Å². The van der Waals surface area contributed by atoms with E-state index in [1.54, 1.807) is 6.07 Å². The molecule has 1 heterocycles. The van der Waals surface area contributed by atoms with Crippen molar-refractivity contribution in [3.05, 3.63) is 29.3 Å². The summed E-state index contributed by atoms with van der Waals surface area (Å²) in [7, 11) is -4.14. The van der Waals surface area contributed by atoms with Gasteiger partial charge in [-0.3, -0.25) is 4.18 Å². The number of rotatable bonds is 6. The second-order valence-corrected chi connectivity index (χ2v) is 6.84. The third kappa shape index (κ3) is 4.42. The number of esters is 1. The van der Waals surface area contributed by atoms with Gasteiger partial charge in [0.1, 0.15) is 11.5 Å². The van der Waals surface area contributed by atoms with Crippen molar-refractivity contribution in [1.29, 1.82) is 0 Å². The zero-order valence-corrected chi connectivity index (χ0v) is 13.6. The zero-order valence-electron chi connectivity index (χ0n) is 12.0. The van der Waals surface area contributed by atoms with E-state index in [1.807, 2.05) is 0 Å². The van der Waals surface area contributed by atoms with Crippen molar-refractivity contribution in [3.63, 3.8) is 0 Å². The highest BCUT2D eigenvalue weighted by Gasteiger charge is 2.27. The van der Waals surface area contributed by atoms with Gasteiger partial charge in [-0.1, -0.05) is 23.7 Å². The van der Waals surface area contributed by atoms with Gasteiger partial charge >= 0.3 is 5.97 Å². The monoisotopic (exact) mass is 348 g/mol. The lowest BCUT2D eigenvalue weighted by Crippen LogP contribution is -2.29. The summed E-state index contributed by atoms with van der Waals surface area (Å²) >= 11 is 5.83. The van der Waals surface area contributed by atoms with Crippen LogP contribution < -0.4 is 0 Å². The fourth-order valence-electron chi connectivity index (χ4n) is 2.00. The molecule has 122 valence electrons. The molecule has 1 aromatic rings. The Labute approximate surface area is 134 Å². The van der Waals surface area contributed by atoms with E-state index in [0.717, 1.165) is 12.8 Å². The Hall–Kier alpha value is -1.15. The molecule has 0 aromatic heterocycles. The van der Waals surface area contributed by atoms with Gasteiger partial charge in [-0.25, -0.2) is 4.79 Å². The molecule has 1 unspecified atom stereocenters. The summed E-state index contributed by atoms with van der Waals surface area (Å²) in [5.74, 6) is -0.758. The number of ether oxygens (including phenoxy) is 2. The Morgan fingerprint density at radius 2 is 2.18 bits per heavy atom. The van der Waals surface area contributed by atoms with Crippen LogP contribution in [0.25, 0.3) is 0 Å². The predicted octanol–water partition coefficient (Wildman–Crippen LogP) is 2.16. The topological polar surface area (TPSA) is 78.9 Å².